The normalized spacial score (nSPS) is 10.3. The van der Waals surface area contributed by atoms with Crippen LogP contribution in [0.5, 0.6) is 0 Å². The number of aromatic nitrogens is 2. The smallest absolute Gasteiger partial charge is 0.272 e. The summed E-state index contributed by atoms with van der Waals surface area (Å²) in [5.74, 6) is 0.284. The molecule has 0 fully saturated rings. The molecule has 1 amide bonds. The first-order valence-electron chi connectivity index (χ1n) is 7.81. The van der Waals surface area contributed by atoms with Crippen molar-refractivity contribution in [1.82, 2.24) is 15.5 Å². The molecule has 0 bridgehead atoms. The van der Waals surface area contributed by atoms with Gasteiger partial charge in [0.15, 0.2) is 11.5 Å². The predicted octanol–water partition coefficient (Wildman–Crippen LogP) is 4.11. The number of halogens is 1. The van der Waals surface area contributed by atoms with Gasteiger partial charge in [-0.15, -0.1) is 10.2 Å². The molecule has 0 unspecified atom stereocenters. The Labute approximate surface area is 151 Å². The number of rotatable bonds is 5. The average Bonchev–Trinajstić information content (AvgIpc) is 2.63. The molecule has 1 aromatic heterocycles. The molecule has 126 valence electrons. The monoisotopic (exact) mass is 352 g/mol. The van der Waals surface area contributed by atoms with Crippen LogP contribution in [0.4, 0.5) is 11.5 Å². The highest BCUT2D eigenvalue weighted by atomic mass is 35.5. The van der Waals surface area contributed by atoms with E-state index in [1.165, 1.54) is 0 Å². The number of hydrogen-bond donors (Lipinski definition) is 2. The number of nitrogens with zero attached hydrogens (tertiary/aromatic N) is 2. The molecule has 1 heterocycles. The molecule has 0 aliphatic carbocycles. The Morgan fingerprint density at radius 3 is 2.48 bits per heavy atom. The van der Waals surface area contributed by atoms with Crippen LogP contribution in [0.2, 0.25) is 5.02 Å². The predicted molar refractivity (Wildman–Crippen MR) is 99.1 cm³/mol. The number of carbonyl (C=O) groups is 1. The quantitative estimate of drug-likeness (QED) is 0.725. The lowest BCUT2D eigenvalue weighted by molar-refractivity contribution is 0.0945. The Bertz CT molecular complexity index is 881. The summed E-state index contributed by atoms with van der Waals surface area (Å²) in [6.07, 6.45) is 0. The molecule has 0 atom stereocenters. The van der Waals surface area contributed by atoms with Gasteiger partial charge >= 0.3 is 0 Å². The van der Waals surface area contributed by atoms with E-state index in [0.717, 1.165) is 16.8 Å². The van der Waals surface area contributed by atoms with Gasteiger partial charge in [-0.1, -0.05) is 48.0 Å². The lowest BCUT2D eigenvalue weighted by atomic mass is 10.2. The molecule has 0 spiro atoms. The minimum atomic E-state index is -0.296. The van der Waals surface area contributed by atoms with Crippen molar-refractivity contribution in [3.63, 3.8) is 0 Å². The maximum atomic E-state index is 12.2. The molecule has 2 N–H and O–H groups in total. The first kappa shape index (κ1) is 16.9. The summed E-state index contributed by atoms with van der Waals surface area (Å²) in [6.45, 7) is 2.34. The summed E-state index contributed by atoms with van der Waals surface area (Å²) in [4.78, 5) is 12.2. The molecular formula is C19H17ClN4O. The topological polar surface area (TPSA) is 66.9 Å². The van der Waals surface area contributed by atoms with E-state index in [9.17, 15) is 4.79 Å². The molecule has 0 aliphatic rings. The summed E-state index contributed by atoms with van der Waals surface area (Å²) >= 11 is 6.08. The highest BCUT2D eigenvalue weighted by Crippen LogP contribution is 2.18. The molecule has 0 radical (unpaired) electrons. The summed E-state index contributed by atoms with van der Waals surface area (Å²) in [7, 11) is 0. The van der Waals surface area contributed by atoms with Gasteiger partial charge in [-0.25, -0.2) is 0 Å². The zero-order valence-electron chi connectivity index (χ0n) is 13.7. The molecule has 3 aromatic rings. The van der Waals surface area contributed by atoms with E-state index in [2.05, 4.69) is 20.8 Å². The summed E-state index contributed by atoms with van der Waals surface area (Å²) in [5, 5.41) is 14.6. The van der Waals surface area contributed by atoms with Crippen LogP contribution in [0.3, 0.4) is 0 Å². The van der Waals surface area contributed by atoms with Gasteiger partial charge in [0.2, 0.25) is 0 Å². The number of anilines is 2. The van der Waals surface area contributed by atoms with Crippen molar-refractivity contribution in [2.75, 3.05) is 5.32 Å². The summed E-state index contributed by atoms with van der Waals surface area (Å²) in [6, 6.07) is 18.6. The van der Waals surface area contributed by atoms with Gasteiger partial charge in [-0.05, 0) is 42.3 Å². The van der Waals surface area contributed by atoms with Gasteiger partial charge in [0.25, 0.3) is 5.91 Å². The van der Waals surface area contributed by atoms with Gasteiger partial charge < -0.3 is 10.6 Å². The Kier molecular flexibility index (Phi) is 5.26. The van der Waals surface area contributed by atoms with E-state index in [-0.39, 0.29) is 11.6 Å². The van der Waals surface area contributed by atoms with E-state index >= 15 is 0 Å². The molecule has 0 saturated heterocycles. The van der Waals surface area contributed by atoms with E-state index in [1.54, 1.807) is 18.2 Å². The number of para-hydroxylation sites is 1. The van der Waals surface area contributed by atoms with Gasteiger partial charge in [-0.3, -0.25) is 4.79 Å². The molecule has 0 aliphatic heterocycles. The van der Waals surface area contributed by atoms with Crippen molar-refractivity contribution in [2.24, 2.45) is 0 Å². The lowest BCUT2D eigenvalue weighted by Crippen LogP contribution is -2.24. The molecular weight excluding hydrogens is 336 g/mol. The second-order valence-electron chi connectivity index (χ2n) is 5.52. The van der Waals surface area contributed by atoms with Crippen LogP contribution >= 0.6 is 11.6 Å². The van der Waals surface area contributed by atoms with Crippen LogP contribution in [-0.4, -0.2) is 16.1 Å². The number of aryl methyl sites for hydroxylation is 1. The third-order valence-corrected chi connectivity index (χ3v) is 4.07. The molecule has 6 heteroatoms. The Morgan fingerprint density at radius 2 is 1.76 bits per heavy atom. The molecule has 2 aromatic carbocycles. The highest BCUT2D eigenvalue weighted by Gasteiger charge is 2.09. The Hall–Kier alpha value is -2.92. The fraction of sp³-hybridized carbons (Fsp3) is 0.105. The first-order valence-corrected chi connectivity index (χ1v) is 8.19. The second-order valence-corrected chi connectivity index (χ2v) is 5.93. The van der Waals surface area contributed by atoms with Crippen molar-refractivity contribution >= 4 is 29.0 Å². The molecule has 25 heavy (non-hydrogen) atoms. The summed E-state index contributed by atoms with van der Waals surface area (Å²) in [5.41, 5.74) is 3.16. The zero-order chi connectivity index (χ0) is 17.6. The number of nitrogens with one attached hydrogen (secondary N) is 2. The Balaban J connectivity index is 1.63. The van der Waals surface area contributed by atoms with Gasteiger partial charge in [0, 0.05) is 17.3 Å². The number of benzene rings is 2. The van der Waals surface area contributed by atoms with E-state index in [1.807, 2.05) is 49.4 Å². The van der Waals surface area contributed by atoms with Crippen molar-refractivity contribution in [2.45, 2.75) is 13.5 Å². The van der Waals surface area contributed by atoms with E-state index in [0.29, 0.717) is 17.4 Å². The fourth-order valence-electron chi connectivity index (χ4n) is 2.28. The molecule has 0 saturated carbocycles. The van der Waals surface area contributed by atoms with Crippen molar-refractivity contribution in [3.8, 4) is 0 Å². The van der Waals surface area contributed by atoms with Crippen LogP contribution in [0, 0.1) is 6.92 Å². The third-order valence-electron chi connectivity index (χ3n) is 3.70. The number of amides is 1. The van der Waals surface area contributed by atoms with Crippen LogP contribution in [0.25, 0.3) is 0 Å². The maximum Gasteiger partial charge on any atom is 0.272 e. The van der Waals surface area contributed by atoms with Gasteiger partial charge in [0.05, 0.1) is 0 Å². The van der Waals surface area contributed by atoms with Crippen molar-refractivity contribution < 1.29 is 4.79 Å². The first-order chi connectivity index (χ1) is 12.1. The van der Waals surface area contributed by atoms with Crippen molar-refractivity contribution in [3.05, 3.63) is 82.5 Å². The molecule has 3 rings (SSSR count). The summed E-state index contributed by atoms with van der Waals surface area (Å²) < 4.78 is 0. The second kappa shape index (κ2) is 7.77. The van der Waals surface area contributed by atoms with Gasteiger partial charge in [-0.2, -0.15) is 0 Å². The maximum absolute atomic E-state index is 12.2. The van der Waals surface area contributed by atoms with Crippen LogP contribution in [0.1, 0.15) is 21.6 Å². The van der Waals surface area contributed by atoms with Crippen LogP contribution in [-0.2, 0) is 6.54 Å². The van der Waals surface area contributed by atoms with E-state index in [4.69, 9.17) is 11.6 Å². The highest BCUT2D eigenvalue weighted by molar-refractivity contribution is 6.31. The number of carbonyl (C=O) groups excluding carboxylic acids is 1. The SMILES string of the molecule is Cc1ccccc1Nc1ccc(C(=O)NCc2ccccc2Cl)nn1. The number of hydrogen-bond acceptors (Lipinski definition) is 4. The average molecular weight is 353 g/mol. The minimum Gasteiger partial charge on any atom is -0.347 e. The van der Waals surface area contributed by atoms with Crippen molar-refractivity contribution in [1.29, 1.82) is 0 Å². The Morgan fingerprint density at radius 1 is 1.00 bits per heavy atom. The van der Waals surface area contributed by atoms with Crippen LogP contribution < -0.4 is 10.6 Å². The fourth-order valence-corrected chi connectivity index (χ4v) is 2.48. The van der Waals surface area contributed by atoms with E-state index < -0.39 is 0 Å². The van der Waals surface area contributed by atoms with Gasteiger partial charge in [0.1, 0.15) is 0 Å². The lowest BCUT2D eigenvalue weighted by Gasteiger charge is -2.09. The molecule has 5 nitrogen and oxygen atoms in total. The third kappa shape index (κ3) is 4.33. The standard InChI is InChI=1S/C19H17ClN4O/c1-13-6-2-5-9-16(13)22-18-11-10-17(23-24-18)19(25)21-12-14-7-3-4-8-15(14)20/h2-11H,12H2,1H3,(H,21,25)(H,22,24). The minimum absolute atomic E-state index is 0.252. The van der Waals surface area contributed by atoms with Crippen LogP contribution in [0.15, 0.2) is 60.7 Å². The largest absolute Gasteiger partial charge is 0.347 e. The zero-order valence-corrected chi connectivity index (χ0v) is 14.4.